The quantitative estimate of drug-likeness (QED) is 0.551. The Hall–Kier alpha value is -1.39. The smallest absolute Gasteiger partial charge is 0.216 e. The number of hydrogen-bond donors (Lipinski definition) is 1. The lowest BCUT2D eigenvalue weighted by molar-refractivity contribution is 0.793. The summed E-state index contributed by atoms with van der Waals surface area (Å²) in [6, 6.07) is 0. The normalized spacial score (nSPS) is 9.40. The Balaban J connectivity index is 3.00. The van der Waals surface area contributed by atoms with E-state index in [1.54, 1.807) is 13.8 Å². The summed E-state index contributed by atoms with van der Waals surface area (Å²) < 4.78 is 0. The van der Waals surface area contributed by atoms with Crippen molar-refractivity contribution in [3.05, 3.63) is 11.6 Å². The van der Waals surface area contributed by atoms with E-state index in [0.717, 1.165) is 0 Å². The summed E-state index contributed by atoms with van der Waals surface area (Å²) in [5, 5.41) is 21.6. The van der Waals surface area contributed by atoms with Crippen molar-refractivity contribution < 1.29 is 0 Å². The van der Waals surface area contributed by atoms with Gasteiger partial charge in [0.15, 0.2) is 5.82 Å². The third-order valence-corrected chi connectivity index (χ3v) is 0.914. The summed E-state index contributed by atoms with van der Waals surface area (Å²) in [6.07, 6.45) is 0. The Morgan fingerprint density at radius 3 is 2.10 bits per heavy atom. The van der Waals surface area contributed by atoms with Crippen LogP contribution in [0.25, 0.3) is 0 Å². The Morgan fingerprint density at radius 2 is 1.70 bits per heavy atom. The molecule has 0 aliphatic heterocycles. The SMILES string of the molecule is CC(=N)c1nnc(C)nn1. The molecule has 0 aliphatic rings. The molecule has 0 saturated heterocycles. The van der Waals surface area contributed by atoms with Crippen molar-refractivity contribution in [1.82, 2.24) is 20.4 Å². The van der Waals surface area contributed by atoms with Gasteiger partial charge in [-0.2, -0.15) is 0 Å². The molecular weight excluding hydrogens is 130 g/mol. The fourth-order valence-electron chi connectivity index (χ4n) is 0.429. The number of nitrogens with zero attached hydrogens (tertiary/aromatic N) is 4. The third kappa shape index (κ3) is 1.31. The van der Waals surface area contributed by atoms with Gasteiger partial charge in [-0.3, -0.25) is 0 Å². The maximum absolute atomic E-state index is 7.10. The highest BCUT2D eigenvalue weighted by molar-refractivity contribution is 5.92. The maximum atomic E-state index is 7.10. The van der Waals surface area contributed by atoms with Crippen LogP contribution < -0.4 is 0 Å². The molecule has 5 heteroatoms. The first-order chi connectivity index (χ1) is 4.70. The second-order valence-electron chi connectivity index (χ2n) is 1.90. The second-order valence-corrected chi connectivity index (χ2v) is 1.90. The zero-order chi connectivity index (χ0) is 7.56. The van der Waals surface area contributed by atoms with E-state index in [9.17, 15) is 0 Å². The number of hydrogen-bond acceptors (Lipinski definition) is 5. The molecule has 0 radical (unpaired) electrons. The van der Waals surface area contributed by atoms with Gasteiger partial charge in [-0.1, -0.05) is 0 Å². The fourth-order valence-corrected chi connectivity index (χ4v) is 0.429. The van der Waals surface area contributed by atoms with Crippen molar-refractivity contribution in [2.24, 2.45) is 0 Å². The van der Waals surface area contributed by atoms with E-state index < -0.39 is 0 Å². The first kappa shape index (κ1) is 6.73. The average Bonchev–Trinajstić information content (AvgIpc) is 1.88. The molecule has 0 saturated carbocycles. The molecular formula is C5H7N5. The Bertz CT molecular complexity index is 239. The molecule has 1 aromatic rings. The van der Waals surface area contributed by atoms with Gasteiger partial charge < -0.3 is 5.41 Å². The van der Waals surface area contributed by atoms with Crippen molar-refractivity contribution in [1.29, 1.82) is 5.41 Å². The lowest BCUT2D eigenvalue weighted by Gasteiger charge is -1.91. The molecule has 0 aliphatic carbocycles. The minimum Gasteiger partial charge on any atom is -0.302 e. The first-order valence-electron chi connectivity index (χ1n) is 2.79. The number of aromatic nitrogens is 4. The maximum Gasteiger partial charge on any atom is 0.216 e. The summed E-state index contributed by atoms with van der Waals surface area (Å²) in [7, 11) is 0. The molecule has 1 N–H and O–H groups in total. The van der Waals surface area contributed by atoms with Crippen LogP contribution in [0.4, 0.5) is 0 Å². The van der Waals surface area contributed by atoms with Gasteiger partial charge in [0, 0.05) is 0 Å². The van der Waals surface area contributed by atoms with E-state index in [4.69, 9.17) is 5.41 Å². The molecule has 0 aromatic carbocycles. The summed E-state index contributed by atoms with van der Waals surface area (Å²) >= 11 is 0. The van der Waals surface area contributed by atoms with Gasteiger partial charge >= 0.3 is 0 Å². The Kier molecular flexibility index (Phi) is 1.66. The minimum absolute atomic E-state index is 0.278. The van der Waals surface area contributed by atoms with Gasteiger partial charge in [-0.25, -0.2) is 0 Å². The molecule has 0 unspecified atom stereocenters. The van der Waals surface area contributed by atoms with Crippen molar-refractivity contribution >= 4 is 5.71 Å². The second kappa shape index (κ2) is 2.47. The van der Waals surface area contributed by atoms with Crippen molar-refractivity contribution in [2.45, 2.75) is 13.8 Å². The summed E-state index contributed by atoms with van der Waals surface area (Å²) in [5.41, 5.74) is 0.278. The standard InChI is InChI=1S/C5H7N5/c1-3(6)5-9-7-4(2)8-10-5/h6H,1-2H3. The molecule has 0 atom stereocenters. The molecule has 1 heterocycles. The van der Waals surface area contributed by atoms with Gasteiger partial charge in [0.2, 0.25) is 5.82 Å². The van der Waals surface area contributed by atoms with Gasteiger partial charge in [0.25, 0.3) is 0 Å². The predicted molar refractivity (Wildman–Crippen MR) is 34.9 cm³/mol. The van der Waals surface area contributed by atoms with E-state index in [0.29, 0.717) is 5.82 Å². The molecule has 0 spiro atoms. The highest BCUT2D eigenvalue weighted by Crippen LogP contribution is 1.84. The lowest BCUT2D eigenvalue weighted by atomic mass is 10.4. The van der Waals surface area contributed by atoms with Crippen LogP contribution in [0.1, 0.15) is 18.6 Å². The van der Waals surface area contributed by atoms with Crippen LogP contribution in [-0.4, -0.2) is 26.1 Å². The number of nitrogens with one attached hydrogen (secondary N) is 1. The highest BCUT2D eigenvalue weighted by Gasteiger charge is 1.98. The average molecular weight is 137 g/mol. The lowest BCUT2D eigenvalue weighted by Crippen LogP contribution is -2.06. The van der Waals surface area contributed by atoms with Crippen LogP contribution >= 0.6 is 0 Å². The van der Waals surface area contributed by atoms with Gasteiger partial charge in [0.1, 0.15) is 0 Å². The summed E-state index contributed by atoms with van der Waals surface area (Å²) in [6.45, 7) is 3.29. The zero-order valence-corrected chi connectivity index (χ0v) is 5.79. The summed E-state index contributed by atoms with van der Waals surface area (Å²) in [5.74, 6) is 0.801. The Morgan fingerprint density at radius 1 is 1.20 bits per heavy atom. The van der Waals surface area contributed by atoms with Crippen LogP contribution in [0.15, 0.2) is 0 Å². The Labute approximate surface area is 58.0 Å². The highest BCUT2D eigenvalue weighted by atomic mass is 15.3. The fraction of sp³-hybridized carbons (Fsp3) is 0.400. The van der Waals surface area contributed by atoms with E-state index in [2.05, 4.69) is 20.4 Å². The molecule has 1 rings (SSSR count). The van der Waals surface area contributed by atoms with Crippen LogP contribution in [0, 0.1) is 12.3 Å². The molecule has 52 valence electrons. The van der Waals surface area contributed by atoms with E-state index in [1.807, 2.05) is 0 Å². The first-order valence-corrected chi connectivity index (χ1v) is 2.79. The predicted octanol–water partition coefficient (Wildman–Crippen LogP) is -0.0372. The van der Waals surface area contributed by atoms with E-state index >= 15 is 0 Å². The monoisotopic (exact) mass is 137 g/mol. The van der Waals surface area contributed by atoms with Gasteiger partial charge in [-0.05, 0) is 13.8 Å². The largest absolute Gasteiger partial charge is 0.302 e. The molecule has 5 nitrogen and oxygen atoms in total. The van der Waals surface area contributed by atoms with Crippen molar-refractivity contribution in [2.75, 3.05) is 0 Å². The zero-order valence-electron chi connectivity index (χ0n) is 5.79. The van der Waals surface area contributed by atoms with Gasteiger partial charge in [0.05, 0.1) is 5.71 Å². The van der Waals surface area contributed by atoms with Crippen LogP contribution in [0.2, 0.25) is 0 Å². The van der Waals surface area contributed by atoms with Crippen LogP contribution in [-0.2, 0) is 0 Å². The van der Waals surface area contributed by atoms with Crippen molar-refractivity contribution in [3.8, 4) is 0 Å². The molecule has 10 heavy (non-hydrogen) atoms. The van der Waals surface area contributed by atoms with Crippen LogP contribution in [0.3, 0.4) is 0 Å². The molecule has 1 aromatic heterocycles. The molecule has 0 amide bonds. The van der Waals surface area contributed by atoms with E-state index in [1.165, 1.54) is 0 Å². The summed E-state index contributed by atoms with van der Waals surface area (Å²) in [4.78, 5) is 0. The molecule has 0 bridgehead atoms. The van der Waals surface area contributed by atoms with Crippen LogP contribution in [0.5, 0.6) is 0 Å². The minimum atomic E-state index is 0.278. The van der Waals surface area contributed by atoms with E-state index in [-0.39, 0.29) is 11.5 Å². The molecule has 0 fully saturated rings. The number of aryl methyl sites for hydroxylation is 1. The number of rotatable bonds is 1. The van der Waals surface area contributed by atoms with Crippen molar-refractivity contribution in [3.63, 3.8) is 0 Å². The third-order valence-electron chi connectivity index (χ3n) is 0.914. The van der Waals surface area contributed by atoms with Gasteiger partial charge in [-0.15, -0.1) is 20.4 Å². The topological polar surface area (TPSA) is 75.4 Å².